The number of hydrogen-bond donors (Lipinski definition) is 1. The molecule has 0 aliphatic carbocycles. The molecule has 1 rings (SSSR count). The van der Waals surface area contributed by atoms with E-state index in [0.29, 0.717) is 6.61 Å². The molecule has 0 radical (unpaired) electrons. The SMILES string of the molecule is CCOc1cc(C)c(CBr)c(CO)c1. The molecule has 0 aliphatic rings. The molecule has 0 spiro atoms. The number of aliphatic hydroxyl groups is 1. The molecule has 0 amide bonds. The maximum atomic E-state index is 9.19. The molecule has 0 fully saturated rings. The summed E-state index contributed by atoms with van der Waals surface area (Å²) in [6.07, 6.45) is 0. The summed E-state index contributed by atoms with van der Waals surface area (Å²) in [7, 11) is 0. The van der Waals surface area contributed by atoms with Gasteiger partial charge in [0.2, 0.25) is 0 Å². The third-order valence-corrected chi connectivity index (χ3v) is 2.71. The lowest BCUT2D eigenvalue weighted by atomic mass is 10.0. The predicted octanol–water partition coefficient (Wildman–Crippen LogP) is 2.78. The van der Waals surface area contributed by atoms with Crippen molar-refractivity contribution in [3.63, 3.8) is 0 Å². The summed E-state index contributed by atoms with van der Waals surface area (Å²) < 4.78 is 5.40. The molecule has 0 heterocycles. The number of aryl methyl sites for hydroxylation is 1. The third kappa shape index (κ3) is 2.49. The van der Waals surface area contributed by atoms with Crippen molar-refractivity contribution in [3.05, 3.63) is 28.8 Å². The maximum Gasteiger partial charge on any atom is 0.119 e. The Morgan fingerprint density at radius 1 is 1.43 bits per heavy atom. The van der Waals surface area contributed by atoms with E-state index >= 15 is 0 Å². The number of alkyl halides is 1. The van der Waals surface area contributed by atoms with E-state index in [4.69, 9.17) is 4.74 Å². The summed E-state index contributed by atoms with van der Waals surface area (Å²) in [5, 5.41) is 9.96. The zero-order chi connectivity index (χ0) is 10.6. The zero-order valence-electron chi connectivity index (χ0n) is 8.51. The van der Waals surface area contributed by atoms with Crippen LogP contribution in [0.15, 0.2) is 12.1 Å². The standard InChI is InChI=1S/C11H15BrO2/c1-3-14-10-4-8(2)11(6-12)9(5-10)7-13/h4-5,13H,3,6-7H2,1-2H3. The van der Waals surface area contributed by atoms with Crippen LogP contribution in [0.4, 0.5) is 0 Å². The number of halogens is 1. The fraction of sp³-hybridized carbons (Fsp3) is 0.455. The van der Waals surface area contributed by atoms with E-state index in [1.54, 1.807) is 0 Å². The molecule has 0 unspecified atom stereocenters. The van der Waals surface area contributed by atoms with Crippen LogP contribution >= 0.6 is 15.9 Å². The summed E-state index contributed by atoms with van der Waals surface area (Å²) in [4.78, 5) is 0. The largest absolute Gasteiger partial charge is 0.494 e. The highest BCUT2D eigenvalue weighted by atomic mass is 79.9. The van der Waals surface area contributed by atoms with Crippen molar-refractivity contribution >= 4 is 15.9 Å². The Kier molecular flexibility index (Phi) is 4.42. The van der Waals surface area contributed by atoms with E-state index in [1.165, 1.54) is 0 Å². The normalized spacial score (nSPS) is 10.3. The van der Waals surface area contributed by atoms with Crippen molar-refractivity contribution in [1.82, 2.24) is 0 Å². The Bertz CT molecular complexity index is 310. The first-order valence-corrected chi connectivity index (χ1v) is 5.77. The minimum absolute atomic E-state index is 0.0582. The fourth-order valence-electron chi connectivity index (χ4n) is 1.44. The van der Waals surface area contributed by atoms with E-state index in [1.807, 2.05) is 26.0 Å². The molecular weight excluding hydrogens is 244 g/mol. The first-order valence-electron chi connectivity index (χ1n) is 4.65. The van der Waals surface area contributed by atoms with Gasteiger partial charge in [-0.05, 0) is 42.7 Å². The van der Waals surface area contributed by atoms with E-state index in [9.17, 15) is 5.11 Å². The van der Waals surface area contributed by atoms with E-state index in [2.05, 4.69) is 15.9 Å². The molecule has 0 aromatic heterocycles. The Labute approximate surface area is 93.0 Å². The van der Waals surface area contributed by atoms with Gasteiger partial charge in [-0.1, -0.05) is 15.9 Å². The van der Waals surface area contributed by atoms with Crippen molar-refractivity contribution < 1.29 is 9.84 Å². The molecule has 0 aliphatic heterocycles. The first kappa shape index (κ1) is 11.5. The maximum absolute atomic E-state index is 9.19. The summed E-state index contributed by atoms with van der Waals surface area (Å²) in [6, 6.07) is 3.90. The topological polar surface area (TPSA) is 29.5 Å². The lowest BCUT2D eigenvalue weighted by Gasteiger charge is -2.11. The van der Waals surface area contributed by atoms with Crippen molar-refractivity contribution in [2.24, 2.45) is 0 Å². The van der Waals surface area contributed by atoms with Crippen LogP contribution in [0.2, 0.25) is 0 Å². The fourth-order valence-corrected chi connectivity index (χ4v) is 2.24. The molecule has 0 bridgehead atoms. The molecule has 0 saturated heterocycles. The van der Waals surface area contributed by atoms with Crippen LogP contribution in [0, 0.1) is 6.92 Å². The number of hydrogen-bond acceptors (Lipinski definition) is 2. The van der Waals surface area contributed by atoms with E-state index in [-0.39, 0.29) is 6.61 Å². The second kappa shape index (κ2) is 5.37. The zero-order valence-corrected chi connectivity index (χ0v) is 10.1. The van der Waals surface area contributed by atoms with Crippen LogP contribution in [0.1, 0.15) is 23.6 Å². The molecule has 1 aromatic rings. The van der Waals surface area contributed by atoms with Crippen molar-refractivity contribution in [2.75, 3.05) is 6.61 Å². The minimum atomic E-state index is 0.0582. The minimum Gasteiger partial charge on any atom is -0.494 e. The summed E-state index contributed by atoms with van der Waals surface area (Å²) in [5.74, 6) is 0.832. The van der Waals surface area contributed by atoms with Crippen LogP contribution in [-0.4, -0.2) is 11.7 Å². The third-order valence-electron chi connectivity index (χ3n) is 2.15. The molecule has 14 heavy (non-hydrogen) atoms. The van der Waals surface area contributed by atoms with Crippen LogP contribution in [-0.2, 0) is 11.9 Å². The average molecular weight is 259 g/mol. The summed E-state index contributed by atoms with van der Waals surface area (Å²) in [5.41, 5.74) is 3.23. The summed E-state index contributed by atoms with van der Waals surface area (Å²) in [6.45, 7) is 4.69. The highest BCUT2D eigenvalue weighted by Gasteiger charge is 2.06. The Balaban J connectivity index is 3.10. The molecule has 1 N–H and O–H groups in total. The van der Waals surface area contributed by atoms with Gasteiger partial charge in [-0.25, -0.2) is 0 Å². The molecule has 1 aromatic carbocycles. The highest BCUT2D eigenvalue weighted by molar-refractivity contribution is 9.08. The lowest BCUT2D eigenvalue weighted by molar-refractivity contribution is 0.279. The second-order valence-corrected chi connectivity index (χ2v) is 3.66. The molecular formula is C11H15BrO2. The van der Waals surface area contributed by atoms with Gasteiger partial charge in [0, 0.05) is 5.33 Å². The number of benzene rings is 1. The van der Waals surface area contributed by atoms with Gasteiger partial charge >= 0.3 is 0 Å². The summed E-state index contributed by atoms with van der Waals surface area (Å²) >= 11 is 3.41. The van der Waals surface area contributed by atoms with Gasteiger partial charge in [-0.15, -0.1) is 0 Å². The van der Waals surface area contributed by atoms with E-state index < -0.39 is 0 Å². The monoisotopic (exact) mass is 258 g/mol. The smallest absolute Gasteiger partial charge is 0.119 e. The lowest BCUT2D eigenvalue weighted by Crippen LogP contribution is -1.99. The van der Waals surface area contributed by atoms with Crippen molar-refractivity contribution in [2.45, 2.75) is 25.8 Å². The molecule has 0 saturated carbocycles. The number of aliphatic hydroxyl groups excluding tert-OH is 1. The van der Waals surface area contributed by atoms with Crippen molar-refractivity contribution in [1.29, 1.82) is 0 Å². The van der Waals surface area contributed by atoms with E-state index in [0.717, 1.165) is 27.8 Å². The predicted molar refractivity (Wildman–Crippen MR) is 60.9 cm³/mol. The van der Waals surface area contributed by atoms with Crippen LogP contribution in [0.5, 0.6) is 5.75 Å². The number of ether oxygens (including phenoxy) is 1. The van der Waals surface area contributed by atoms with Crippen LogP contribution in [0.25, 0.3) is 0 Å². The van der Waals surface area contributed by atoms with Gasteiger partial charge in [0.05, 0.1) is 13.2 Å². The molecule has 3 heteroatoms. The van der Waals surface area contributed by atoms with Crippen LogP contribution < -0.4 is 4.74 Å². The van der Waals surface area contributed by atoms with Gasteiger partial charge in [0.15, 0.2) is 0 Å². The van der Waals surface area contributed by atoms with Gasteiger partial charge in [-0.3, -0.25) is 0 Å². The van der Waals surface area contributed by atoms with Gasteiger partial charge in [0.1, 0.15) is 5.75 Å². The Morgan fingerprint density at radius 2 is 2.14 bits per heavy atom. The molecule has 2 nitrogen and oxygen atoms in total. The Morgan fingerprint density at radius 3 is 2.64 bits per heavy atom. The second-order valence-electron chi connectivity index (χ2n) is 3.10. The molecule has 0 atom stereocenters. The van der Waals surface area contributed by atoms with Gasteiger partial charge in [0.25, 0.3) is 0 Å². The van der Waals surface area contributed by atoms with Crippen molar-refractivity contribution in [3.8, 4) is 5.75 Å². The average Bonchev–Trinajstić information content (AvgIpc) is 2.17. The quantitative estimate of drug-likeness (QED) is 0.842. The Hall–Kier alpha value is -0.540. The molecule has 78 valence electrons. The van der Waals surface area contributed by atoms with Gasteiger partial charge in [-0.2, -0.15) is 0 Å². The highest BCUT2D eigenvalue weighted by Crippen LogP contribution is 2.24. The van der Waals surface area contributed by atoms with Crippen LogP contribution in [0.3, 0.4) is 0 Å². The first-order chi connectivity index (χ1) is 6.72. The number of rotatable bonds is 4. The van der Waals surface area contributed by atoms with Gasteiger partial charge < -0.3 is 9.84 Å².